The Morgan fingerprint density at radius 2 is 2.22 bits per heavy atom. The van der Waals surface area contributed by atoms with E-state index in [2.05, 4.69) is 46.0 Å². The maximum atomic E-state index is 5.86. The lowest BCUT2D eigenvalue weighted by atomic mass is 10.1. The lowest BCUT2D eigenvalue weighted by Crippen LogP contribution is -1.93. The van der Waals surface area contributed by atoms with E-state index in [-0.39, 0.29) is 0 Å². The van der Waals surface area contributed by atoms with Crippen LogP contribution in [0.15, 0.2) is 22.7 Å². The maximum Gasteiger partial charge on any atom is 0.180 e. The van der Waals surface area contributed by atoms with Crippen LogP contribution in [0.25, 0.3) is 0 Å². The molecule has 2 N–H and O–H groups in total. The van der Waals surface area contributed by atoms with Crippen LogP contribution in [-0.2, 0) is 6.42 Å². The first kappa shape index (κ1) is 12.2. The van der Waals surface area contributed by atoms with Gasteiger partial charge in [-0.25, -0.2) is 4.98 Å². The zero-order chi connectivity index (χ0) is 12.7. The minimum absolute atomic E-state index is 0.664. The summed E-state index contributed by atoms with van der Waals surface area (Å²) in [5.41, 5.74) is 9.70. The van der Waals surface area contributed by atoms with Gasteiger partial charge in [0.05, 0.1) is 5.69 Å². The number of halogens is 1. The number of hydrogen-bond acceptors (Lipinski definition) is 3. The molecule has 0 aliphatic heterocycles. The molecule has 1 aliphatic rings. The van der Waals surface area contributed by atoms with Crippen LogP contribution < -0.4 is 5.73 Å². The molecule has 1 aliphatic carbocycles. The highest BCUT2D eigenvalue weighted by atomic mass is 79.9. The Balaban J connectivity index is 1.94. The van der Waals surface area contributed by atoms with E-state index in [0.29, 0.717) is 11.0 Å². The summed E-state index contributed by atoms with van der Waals surface area (Å²) >= 11 is 5.31. The van der Waals surface area contributed by atoms with Gasteiger partial charge in [0, 0.05) is 21.7 Å². The lowest BCUT2D eigenvalue weighted by molar-refractivity contribution is 1.01. The molecule has 0 atom stereocenters. The topological polar surface area (TPSA) is 38.9 Å². The van der Waals surface area contributed by atoms with E-state index in [1.807, 2.05) is 0 Å². The molecule has 0 unspecified atom stereocenters. The van der Waals surface area contributed by atoms with Gasteiger partial charge in [0.25, 0.3) is 0 Å². The average molecular weight is 323 g/mol. The quantitative estimate of drug-likeness (QED) is 0.916. The molecule has 0 radical (unpaired) electrons. The minimum atomic E-state index is 0.664. The van der Waals surface area contributed by atoms with Crippen molar-refractivity contribution in [1.29, 1.82) is 0 Å². The van der Waals surface area contributed by atoms with Crippen molar-refractivity contribution in [2.24, 2.45) is 0 Å². The highest BCUT2D eigenvalue weighted by Gasteiger charge is 2.29. The fraction of sp³-hybridized carbons (Fsp3) is 0.357. The van der Waals surface area contributed by atoms with Crippen molar-refractivity contribution in [3.8, 4) is 0 Å². The average Bonchev–Trinajstić information content (AvgIpc) is 3.10. The van der Waals surface area contributed by atoms with Gasteiger partial charge in [-0.2, -0.15) is 0 Å². The van der Waals surface area contributed by atoms with Crippen molar-refractivity contribution in [2.45, 2.75) is 32.1 Å². The second-order valence-corrected chi connectivity index (χ2v) is 6.77. The highest BCUT2D eigenvalue weighted by Crippen LogP contribution is 2.44. The molecule has 0 bridgehead atoms. The van der Waals surface area contributed by atoms with Crippen LogP contribution in [0.1, 0.15) is 40.5 Å². The zero-order valence-electron chi connectivity index (χ0n) is 10.2. The van der Waals surface area contributed by atoms with Crippen LogP contribution in [-0.4, -0.2) is 4.98 Å². The molecule has 3 rings (SSSR count). The van der Waals surface area contributed by atoms with E-state index in [1.165, 1.54) is 39.0 Å². The summed E-state index contributed by atoms with van der Waals surface area (Å²) in [4.78, 5) is 5.84. The SMILES string of the molecule is Cc1cccc(Cc2sc(N)nc2C2CC2)c1Br. The van der Waals surface area contributed by atoms with E-state index >= 15 is 0 Å². The van der Waals surface area contributed by atoms with Gasteiger partial charge in [-0.1, -0.05) is 34.1 Å². The molecule has 1 aromatic carbocycles. The summed E-state index contributed by atoms with van der Waals surface area (Å²) in [5, 5.41) is 0.704. The lowest BCUT2D eigenvalue weighted by Gasteiger charge is -2.06. The summed E-state index contributed by atoms with van der Waals surface area (Å²) in [6, 6.07) is 6.40. The van der Waals surface area contributed by atoms with Crippen LogP contribution in [0.5, 0.6) is 0 Å². The third kappa shape index (κ3) is 2.31. The second kappa shape index (κ2) is 4.67. The van der Waals surface area contributed by atoms with Gasteiger partial charge in [-0.05, 0) is 30.9 Å². The number of anilines is 1. The first-order chi connectivity index (χ1) is 8.65. The summed E-state index contributed by atoms with van der Waals surface area (Å²) < 4.78 is 1.21. The van der Waals surface area contributed by atoms with Crippen molar-refractivity contribution >= 4 is 32.4 Å². The van der Waals surface area contributed by atoms with Crippen LogP contribution in [0, 0.1) is 6.92 Å². The molecular formula is C14H15BrN2S. The number of nitrogen functional groups attached to an aromatic ring is 1. The molecule has 94 valence electrons. The van der Waals surface area contributed by atoms with Crippen molar-refractivity contribution in [3.05, 3.63) is 44.4 Å². The predicted molar refractivity (Wildman–Crippen MR) is 80.2 cm³/mol. The van der Waals surface area contributed by atoms with Crippen LogP contribution in [0.4, 0.5) is 5.13 Å². The number of rotatable bonds is 3. The minimum Gasteiger partial charge on any atom is -0.375 e. The molecule has 1 fully saturated rings. The Morgan fingerprint density at radius 3 is 2.94 bits per heavy atom. The van der Waals surface area contributed by atoms with Gasteiger partial charge < -0.3 is 5.73 Å². The first-order valence-electron chi connectivity index (χ1n) is 6.14. The van der Waals surface area contributed by atoms with E-state index in [0.717, 1.165) is 6.42 Å². The van der Waals surface area contributed by atoms with Gasteiger partial charge in [0.1, 0.15) is 0 Å². The third-order valence-corrected chi connectivity index (χ3v) is 5.37. The number of nitrogens with two attached hydrogens (primary N) is 1. The van der Waals surface area contributed by atoms with Crippen molar-refractivity contribution in [1.82, 2.24) is 4.98 Å². The van der Waals surface area contributed by atoms with Gasteiger partial charge >= 0.3 is 0 Å². The molecule has 0 saturated heterocycles. The number of benzene rings is 1. The molecule has 1 aromatic heterocycles. The van der Waals surface area contributed by atoms with Gasteiger partial charge in [-0.15, -0.1) is 11.3 Å². The number of thiazole rings is 1. The third-order valence-electron chi connectivity index (χ3n) is 3.33. The molecule has 2 aromatic rings. The molecule has 1 heterocycles. The van der Waals surface area contributed by atoms with E-state index in [1.54, 1.807) is 11.3 Å². The summed E-state index contributed by atoms with van der Waals surface area (Å²) in [6.45, 7) is 2.12. The van der Waals surface area contributed by atoms with Gasteiger partial charge in [0.2, 0.25) is 0 Å². The van der Waals surface area contributed by atoms with Crippen LogP contribution in [0.3, 0.4) is 0 Å². The predicted octanol–water partition coefficient (Wildman–Crippen LogP) is 4.26. The van der Waals surface area contributed by atoms with Crippen molar-refractivity contribution < 1.29 is 0 Å². The highest BCUT2D eigenvalue weighted by molar-refractivity contribution is 9.10. The van der Waals surface area contributed by atoms with Gasteiger partial charge in [-0.3, -0.25) is 0 Å². The fourth-order valence-corrected chi connectivity index (χ4v) is 3.55. The summed E-state index contributed by atoms with van der Waals surface area (Å²) in [7, 11) is 0. The molecule has 1 saturated carbocycles. The molecule has 0 amide bonds. The Labute approximate surface area is 119 Å². The molecule has 0 spiro atoms. The van der Waals surface area contributed by atoms with E-state index in [9.17, 15) is 0 Å². The molecule has 18 heavy (non-hydrogen) atoms. The monoisotopic (exact) mass is 322 g/mol. The maximum absolute atomic E-state index is 5.86. The first-order valence-corrected chi connectivity index (χ1v) is 7.75. The molecule has 2 nitrogen and oxygen atoms in total. The smallest absolute Gasteiger partial charge is 0.180 e. The van der Waals surface area contributed by atoms with Crippen LogP contribution >= 0.6 is 27.3 Å². The fourth-order valence-electron chi connectivity index (χ4n) is 2.20. The Bertz CT molecular complexity index is 587. The number of aryl methyl sites for hydroxylation is 1. The normalized spacial score (nSPS) is 15.0. The number of hydrogen-bond donors (Lipinski definition) is 1. The largest absolute Gasteiger partial charge is 0.375 e. The standard InChI is InChI=1S/C14H15BrN2S/c1-8-3-2-4-10(12(8)15)7-11-13(9-5-6-9)17-14(16)18-11/h2-4,9H,5-7H2,1H3,(H2,16,17). The van der Waals surface area contributed by atoms with E-state index < -0.39 is 0 Å². The Hall–Kier alpha value is -0.870. The Kier molecular flexibility index (Phi) is 3.16. The molecule has 4 heteroatoms. The van der Waals surface area contributed by atoms with E-state index in [4.69, 9.17) is 5.73 Å². The van der Waals surface area contributed by atoms with Crippen molar-refractivity contribution in [3.63, 3.8) is 0 Å². The number of aromatic nitrogens is 1. The van der Waals surface area contributed by atoms with Crippen LogP contribution in [0.2, 0.25) is 0 Å². The summed E-state index contributed by atoms with van der Waals surface area (Å²) in [5.74, 6) is 0.664. The summed E-state index contributed by atoms with van der Waals surface area (Å²) in [6.07, 6.45) is 3.47. The zero-order valence-corrected chi connectivity index (χ0v) is 12.6. The second-order valence-electron chi connectivity index (χ2n) is 4.86. The Morgan fingerprint density at radius 1 is 1.44 bits per heavy atom. The molecular weight excluding hydrogens is 308 g/mol. The number of nitrogens with zero attached hydrogens (tertiary/aromatic N) is 1. The van der Waals surface area contributed by atoms with Crippen molar-refractivity contribution in [2.75, 3.05) is 5.73 Å². The van der Waals surface area contributed by atoms with Gasteiger partial charge in [0.15, 0.2) is 5.13 Å².